The first-order valence-electron chi connectivity index (χ1n) is 5.07. The summed E-state index contributed by atoms with van der Waals surface area (Å²) in [5.41, 5.74) is 1.41. The van der Waals surface area contributed by atoms with Crippen LogP contribution < -0.4 is 56.6 Å². The topological polar surface area (TPSA) is 170 Å². The molecule has 0 bridgehead atoms. The van der Waals surface area contributed by atoms with Crippen molar-refractivity contribution in [1.82, 2.24) is 0 Å². The third-order valence-electron chi connectivity index (χ3n) is 1.67. The Kier molecular flexibility index (Phi) is 17.3. The predicted molar refractivity (Wildman–Crippen MR) is 68.4 cm³/mol. The van der Waals surface area contributed by atoms with Crippen LogP contribution in [-0.4, -0.2) is 31.2 Å². The summed E-state index contributed by atoms with van der Waals surface area (Å²) < 4.78 is 58.9. The minimum Gasteiger partial charge on any atom is -0.727 e. The molecule has 3 N–H and O–H groups in total. The van der Waals surface area contributed by atoms with Crippen LogP contribution in [0.5, 0.6) is 0 Å². The number of hydrogen-bond donors (Lipinski definition) is 3. The van der Waals surface area contributed by atoms with Crippen LogP contribution in [0.1, 0.15) is 25.3 Å². The molecule has 0 radical (unpaired) electrons. The SMILES string of the molecule is CC(C)c1ccccc1.O=S(=O)(O)OOS(=O)(=O)O.[K+].[O-]O. The molecule has 0 atom stereocenters. The van der Waals surface area contributed by atoms with Crippen molar-refractivity contribution in [3.8, 4) is 0 Å². The zero-order valence-electron chi connectivity index (χ0n) is 12.0. The van der Waals surface area contributed by atoms with Gasteiger partial charge in [0.2, 0.25) is 0 Å². The Morgan fingerprint density at radius 1 is 0.909 bits per heavy atom. The van der Waals surface area contributed by atoms with Gasteiger partial charge >= 0.3 is 72.2 Å². The van der Waals surface area contributed by atoms with Crippen LogP contribution in [0.2, 0.25) is 0 Å². The standard InChI is InChI=1S/C9H12.K.H2O8S2.H2O2/c1-8(2)9-6-4-3-5-7-9;;1-9(2,3)7-8-10(4,5)6;1-2/h3-8H,1-2H3;;(H,1,2,3)(H,4,5,6);1-2H/q;+1;;/p-1. The van der Waals surface area contributed by atoms with Gasteiger partial charge in [-0.25, -0.2) is 0 Å². The molecule has 0 saturated carbocycles. The van der Waals surface area contributed by atoms with E-state index in [1.807, 2.05) is 6.07 Å². The Labute approximate surface area is 171 Å². The number of hydrogen-bond acceptors (Lipinski definition) is 8. The van der Waals surface area contributed by atoms with Crippen molar-refractivity contribution in [1.29, 1.82) is 0 Å². The summed E-state index contributed by atoms with van der Waals surface area (Å²) in [6.45, 7) is 4.41. The van der Waals surface area contributed by atoms with Crippen LogP contribution in [0.25, 0.3) is 0 Å². The smallest absolute Gasteiger partial charge is 0.727 e. The summed E-state index contributed by atoms with van der Waals surface area (Å²) in [6, 6.07) is 10.5. The van der Waals surface area contributed by atoms with Crippen LogP contribution in [0.4, 0.5) is 0 Å². The first-order valence-corrected chi connectivity index (χ1v) is 7.80. The molecule has 0 aromatic heterocycles. The Hall–Kier alpha value is 0.516. The third-order valence-corrected chi connectivity index (χ3v) is 2.23. The normalized spacial score (nSPS) is 10.5. The van der Waals surface area contributed by atoms with Crippen molar-refractivity contribution in [2.75, 3.05) is 0 Å². The molecule has 0 unspecified atom stereocenters. The minimum absolute atomic E-state index is 0. The van der Waals surface area contributed by atoms with Gasteiger partial charge in [-0.1, -0.05) is 52.8 Å². The average Bonchev–Trinajstić information content (AvgIpc) is 2.39. The molecule has 0 fully saturated rings. The fourth-order valence-corrected chi connectivity index (χ4v) is 1.47. The monoisotopic (exact) mass is 386 g/mol. The largest absolute Gasteiger partial charge is 1.00 e. The van der Waals surface area contributed by atoms with E-state index in [2.05, 4.69) is 46.8 Å². The molecule has 1 aromatic rings. The van der Waals surface area contributed by atoms with Gasteiger partial charge in [0, 0.05) is 0 Å². The van der Waals surface area contributed by atoms with Gasteiger partial charge in [0.25, 0.3) is 0 Å². The van der Waals surface area contributed by atoms with Gasteiger partial charge in [-0.05, 0) is 11.5 Å². The third kappa shape index (κ3) is 20.5. The van der Waals surface area contributed by atoms with Crippen molar-refractivity contribution in [3.05, 3.63) is 35.9 Å². The van der Waals surface area contributed by atoms with Gasteiger partial charge in [0.1, 0.15) is 0 Å². The van der Waals surface area contributed by atoms with Gasteiger partial charge in [-0.3, -0.25) is 9.11 Å². The zero-order chi connectivity index (χ0) is 17.1. The molecule has 0 amide bonds. The van der Waals surface area contributed by atoms with Crippen LogP contribution in [-0.2, 0) is 29.5 Å². The molecule has 0 aliphatic carbocycles. The van der Waals surface area contributed by atoms with Gasteiger partial charge in [0.05, 0.1) is 0 Å². The fraction of sp³-hybridized carbons (Fsp3) is 0.333. The van der Waals surface area contributed by atoms with E-state index >= 15 is 0 Å². The van der Waals surface area contributed by atoms with Crippen molar-refractivity contribution >= 4 is 20.8 Å². The van der Waals surface area contributed by atoms with Gasteiger partial charge in [-0.2, -0.15) is 16.8 Å². The van der Waals surface area contributed by atoms with Gasteiger partial charge < -0.3 is 10.5 Å². The van der Waals surface area contributed by atoms with E-state index in [4.69, 9.17) is 19.6 Å². The van der Waals surface area contributed by atoms with Crippen LogP contribution >= 0.6 is 0 Å². The van der Waals surface area contributed by atoms with Crippen molar-refractivity contribution in [3.63, 3.8) is 0 Å². The molecule has 1 aromatic carbocycles. The van der Waals surface area contributed by atoms with E-state index in [0.29, 0.717) is 5.92 Å². The zero-order valence-corrected chi connectivity index (χ0v) is 16.7. The average molecular weight is 386 g/mol. The molecule has 22 heavy (non-hydrogen) atoms. The maximum Gasteiger partial charge on any atom is 1.00 e. The minimum atomic E-state index is -5.02. The first kappa shape index (κ1) is 27.4. The molecule has 124 valence electrons. The summed E-state index contributed by atoms with van der Waals surface area (Å²) in [5, 5.41) is 13.0. The molecule has 0 aliphatic heterocycles. The second-order valence-electron chi connectivity index (χ2n) is 3.56. The van der Waals surface area contributed by atoms with Crippen LogP contribution in [0.3, 0.4) is 0 Å². The molecule has 13 heteroatoms. The molecule has 0 saturated heterocycles. The van der Waals surface area contributed by atoms with E-state index < -0.39 is 20.8 Å². The Morgan fingerprint density at radius 3 is 1.41 bits per heavy atom. The summed E-state index contributed by atoms with van der Waals surface area (Å²) in [6.07, 6.45) is 0. The maximum absolute atomic E-state index is 9.51. The van der Waals surface area contributed by atoms with Crippen molar-refractivity contribution in [2.45, 2.75) is 19.8 Å². The first-order chi connectivity index (χ1) is 9.51. The second kappa shape index (κ2) is 13.9. The fourth-order valence-electron chi connectivity index (χ4n) is 0.908. The van der Waals surface area contributed by atoms with Crippen LogP contribution in [0.15, 0.2) is 30.3 Å². The van der Waals surface area contributed by atoms with Gasteiger partial charge in [-0.15, -0.1) is 0 Å². The molecule has 0 heterocycles. The molecular weight excluding hydrogens is 371 g/mol. The van der Waals surface area contributed by atoms with E-state index in [0.717, 1.165) is 0 Å². The van der Waals surface area contributed by atoms with Crippen molar-refractivity contribution in [2.24, 2.45) is 0 Å². The molecule has 0 spiro atoms. The number of benzene rings is 1. The maximum atomic E-state index is 9.51. The quantitative estimate of drug-likeness (QED) is 0.212. The molecule has 0 aliphatic rings. The van der Waals surface area contributed by atoms with Gasteiger partial charge in [0.15, 0.2) is 0 Å². The Bertz CT molecular complexity index is 538. The predicted octanol–water partition coefficient (Wildman–Crippen LogP) is -2.83. The number of rotatable bonds is 4. The van der Waals surface area contributed by atoms with Crippen LogP contribution in [0, 0.1) is 0 Å². The summed E-state index contributed by atoms with van der Waals surface area (Å²) in [5.74, 6) is 0.659. The summed E-state index contributed by atoms with van der Waals surface area (Å²) in [4.78, 5) is 0. The summed E-state index contributed by atoms with van der Waals surface area (Å²) >= 11 is 0. The Balaban J connectivity index is -0.000000284. The second-order valence-corrected chi connectivity index (χ2v) is 5.54. The van der Waals surface area contributed by atoms with E-state index in [1.54, 1.807) is 0 Å². The van der Waals surface area contributed by atoms with E-state index in [1.165, 1.54) is 5.56 Å². The molecule has 1 rings (SSSR count). The van der Waals surface area contributed by atoms with E-state index in [9.17, 15) is 16.8 Å². The molecule has 10 nitrogen and oxygen atoms in total. The summed E-state index contributed by atoms with van der Waals surface area (Å²) in [7, 11) is -10.0. The van der Waals surface area contributed by atoms with Crippen molar-refractivity contribution < 1.29 is 96.5 Å². The van der Waals surface area contributed by atoms with E-state index in [-0.39, 0.29) is 51.4 Å². The molecular formula is C9H15KO10S2. The Morgan fingerprint density at radius 2 is 1.23 bits per heavy atom.